The minimum absolute atomic E-state index is 0. The predicted molar refractivity (Wildman–Crippen MR) is 133 cm³/mol. The Morgan fingerprint density at radius 3 is 2.71 bits per heavy atom. The molecule has 0 N–H and O–H groups in total. The molecule has 1 saturated carbocycles. The molecule has 7 heteroatoms. The Labute approximate surface area is 201 Å². The second-order valence-corrected chi connectivity index (χ2v) is 10.5. The van der Waals surface area contributed by atoms with Gasteiger partial charge in [-0.05, 0) is 64.4 Å². The van der Waals surface area contributed by atoms with Gasteiger partial charge in [0.2, 0.25) is 5.91 Å². The van der Waals surface area contributed by atoms with E-state index in [0.29, 0.717) is 18.6 Å². The molecule has 31 heavy (non-hydrogen) atoms. The van der Waals surface area contributed by atoms with Crippen molar-refractivity contribution in [2.75, 3.05) is 33.8 Å². The molecule has 1 aromatic heterocycles. The summed E-state index contributed by atoms with van der Waals surface area (Å²) in [6.45, 7) is 2.65. The molecular weight excluding hydrogens is 451 g/mol. The summed E-state index contributed by atoms with van der Waals surface area (Å²) in [6.07, 6.45) is 8.93. The van der Waals surface area contributed by atoms with Crippen molar-refractivity contribution in [2.45, 2.75) is 57.4 Å². The van der Waals surface area contributed by atoms with Crippen molar-refractivity contribution in [3.8, 4) is 5.75 Å². The van der Waals surface area contributed by atoms with Crippen molar-refractivity contribution in [3.63, 3.8) is 0 Å². The van der Waals surface area contributed by atoms with E-state index in [2.05, 4.69) is 36.0 Å². The quantitative estimate of drug-likeness (QED) is 0.428. The van der Waals surface area contributed by atoms with E-state index < -0.39 is 0 Å². The fourth-order valence-corrected chi connectivity index (χ4v) is 6.44. The molecule has 4 rings (SSSR count). The van der Waals surface area contributed by atoms with Gasteiger partial charge in [-0.3, -0.25) is 4.79 Å². The van der Waals surface area contributed by atoms with Crippen LogP contribution in [0.1, 0.15) is 49.8 Å². The minimum atomic E-state index is 0. The minimum Gasteiger partial charge on any atom is -0.493 e. The highest BCUT2D eigenvalue weighted by molar-refractivity contribution is 7.19. The first-order valence-electron chi connectivity index (χ1n) is 11.3. The first-order chi connectivity index (χ1) is 14.5. The van der Waals surface area contributed by atoms with Crippen LogP contribution in [-0.4, -0.2) is 55.5 Å². The van der Waals surface area contributed by atoms with Gasteiger partial charge in [-0.15, -0.1) is 23.7 Å². The molecule has 0 spiro atoms. The SMILES string of the molecule is CN(C)CCCOc1ccc2c(Cl)c(CC3CCN(C4CCCCC4)C3=O)sc2c1.Cl. The van der Waals surface area contributed by atoms with Gasteiger partial charge in [0.25, 0.3) is 0 Å². The normalized spacial score (nSPS) is 19.9. The number of ether oxygens (including phenoxy) is 1. The van der Waals surface area contributed by atoms with Gasteiger partial charge in [-0.1, -0.05) is 30.9 Å². The number of nitrogens with zero attached hydrogens (tertiary/aromatic N) is 2. The van der Waals surface area contributed by atoms with E-state index in [-0.39, 0.29) is 18.3 Å². The van der Waals surface area contributed by atoms with Gasteiger partial charge in [-0.25, -0.2) is 0 Å². The maximum absolute atomic E-state index is 13.0. The van der Waals surface area contributed by atoms with Gasteiger partial charge >= 0.3 is 0 Å². The Kier molecular flexibility index (Phi) is 8.91. The Morgan fingerprint density at radius 2 is 1.97 bits per heavy atom. The zero-order valence-corrected chi connectivity index (χ0v) is 21.0. The first kappa shape index (κ1) is 24.6. The number of rotatable bonds is 8. The monoisotopic (exact) mass is 484 g/mol. The molecule has 1 atom stereocenters. The Bertz CT molecular complexity index is 880. The molecule has 172 valence electrons. The van der Waals surface area contributed by atoms with Crippen LogP contribution in [0.2, 0.25) is 5.02 Å². The molecule has 1 unspecified atom stereocenters. The molecule has 1 aliphatic heterocycles. The molecule has 4 nitrogen and oxygen atoms in total. The van der Waals surface area contributed by atoms with Gasteiger partial charge in [0, 0.05) is 40.0 Å². The fourth-order valence-electron chi connectivity index (χ4n) is 4.82. The highest BCUT2D eigenvalue weighted by Gasteiger charge is 2.36. The third-order valence-corrected chi connectivity index (χ3v) is 8.20. The van der Waals surface area contributed by atoms with Crippen LogP contribution in [0.5, 0.6) is 5.75 Å². The fraction of sp³-hybridized carbons (Fsp3) is 0.625. The van der Waals surface area contributed by atoms with Gasteiger partial charge in [-0.2, -0.15) is 0 Å². The van der Waals surface area contributed by atoms with Crippen LogP contribution in [0, 0.1) is 5.92 Å². The first-order valence-corrected chi connectivity index (χ1v) is 12.5. The van der Waals surface area contributed by atoms with E-state index in [1.807, 2.05) is 6.07 Å². The summed E-state index contributed by atoms with van der Waals surface area (Å²) in [5, 5.41) is 1.89. The van der Waals surface area contributed by atoms with Crippen molar-refractivity contribution < 1.29 is 9.53 Å². The van der Waals surface area contributed by atoms with Crippen molar-refractivity contribution >= 4 is 51.3 Å². The molecule has 1 aromatic carbocycles. The Morgan fingerprint density at radius 1 is 1.19 bits per heavy atom. The topological polar surface area (TPSA) is 32.8 Å². The van der Waals surface area contributed by atoms with E-state index in [1.54, 1.807) is 11.3 Å². The largest absolute Gasteiger partial charge is 0.493 e. The molecular formula is C24H34Cl2N2O2S. The number of carbonyl (C=O) groups is 1. The third-order valence-electron chi connectivity index (χ3n) is 6.48. The summed E-state index contributed by atoms with van der Waals surface area (Å²) >= 11 is 8.44. The zero-order chi connectivity index (χ0) is 21.1. The number of halogens is 2. The maximum Gasteiger partial charge on any atom is 0.226 e. The molecule has 1 amide bonds. The van der Waals surface area contributed by atoms with E-state index in [4.69, 9.17) is 16.3 Å². The lowest BCUT2D eigenvalue weighted by molar-refractivity contribution is -0.133. The van der Waals surface area contributed by atoms with Crippen LogP contribution in [0.4, 0.5) is 0 Å². The molecule has 0 radical (unpaired) electrons. The number of benzene rings is 1. The second-order valence-electron chi connectivity index (χ2n) is 9.02. The molecule has 1 aliphatic carbocycles. The molecule has 2 heterocycles. The van der Waals surface area contributed by atoms with Gasteiger partial charge in [0.05, 0.1) is 11.6 Å². The number of hydrogen-bond acceptors (Lipinski definition) is 4. The lowest BCUT2D eigenvalue weighted by Gasteiger charge is -2.31. The van der Waals surface area contributed by atoms with Crippen molar-refractivity contribution in [1.82, 2.24) is 9.80 Å². The summed E-state index contributed by atoms with van der Waals surface area (Å²) in [5.74, 6) is 1.32. The summed E-state index contributed by atoms with van der Waals surface area (Å²) in [6, 6.07) is 6.63. The Balaban J connectivity index is 0.00000272. The van der Waals surface area contributed by atoms with Crippen LogP contribution in [-0.2, 0) is 11.2 Å². The Hall–Kier alpha value is -1.01. The summed E-state index contributed by atoms with van der Waals surface area (Å²) < 4.78 is 7.07. The van der Waals surface area contributed by atoms with Crippen LogP contribution in [0.25, 0.3) is 10.1 Å². The van der Waals surface area contributed by atoms with Crippen molar-refractivity contribution in [1.29, 1.82) is 0 Å². The standard InChI is InChI=1S/C24H33ClN2O2S.ClH/c1-26(2)12-6-14-29-19-9-10-20-21(16-19)30-22(23(20)25)15-17-11-13-27(24(17)28)18-7-4-3-5-8-18;/h9-10,16-18H,3-8,11-15H2,1-2H3;1H. The molecule has 2 aromatic rings. The highest BCUT2D eigenvalue weighted by Crippen LogP contribution is 2.40. The lowest BCUT2D eigenvalue weighted by Crippen LogP contribution is -2.39. The van der Waals surface area contributed by atoms with E-state index in [0.717, 1.165) is 58.1 Å². The van der Waals surface area contributed by atoms with E-state index >= 15 is 0 Å². The van der Waals surface area contributed by atoms with Gasteiger partial charge < -0.3 is 14.5 Å². The predicted octanol–water partition coefficient (Wildman–Crippen LogP) is 6.03. The smallest absolute Gasteiger partial charge is 0.226 e. The van der Waals surface area contributed by atoms with Crippen LogP contribution < -0.4 is 4.74 Å². The van der Waals surface area contributed by atoms with Gasteiger partial charge in [0.15, 0.2) is 0 Å². The molecule has 2 fully saturated rings. The maximum atomic E-state index is 13.0. The number of fused-ring (bicyclic) bond motifs is 1. The lowest BCUT2D eigenvalue weighted by atomic mass is 9.94. The summed E-state index contributed by atoms with van der Waals surface area (Å²) in [7, 11) is 4.15. The molecule has 1 saturated heterocycles. The number of hydrogen-bond donors (Lipinski definition) is 0. The number of carbonyl (C=O) groups excluding carboxylic acids is 1. The third kappa shape index (κ3) is 5.87. The number of likely N-dealkylation sites (tertiary alicyclic amines) is 1. The van der Waals surface area contributed by atoms with Crippen molar-refractivity contribution in [2.24, 2.45) is 5.92 Å². The van der Waals surface area contributed by atoms with Crippen LogP contribution in [0.15, 0.2) is 18.2 Å². The summed E-state index contributed by atoms with van der Waals surface area (Å²) in [5.41, 5.74) is 0. The van der Waals surface area contributed by atoms with E-state index in [9.17, 15) is 4.79 Å². The van der Waals surface area contributed by atoms with Gasteiger partial charge in [0.1, 0.15) is 5.75 Å². The molecule has 0 bridgehead atoms. The number of amides is 1. The molecule has 2 aliphatic rings. The number of thiophene rings is 1. The van der Waals surface area contributed by atoms with Crippen LogP contribution >= 0.6 is 35.3 Å². The zero-order valence-electron chi connectivity index (χ0n) is 18.6. The van der Waals surface area contributed by atoms with Crippen LogP contribution in [0.3, 0.4) is 0 Å². The second kappa shape index (κ2) is 11.2. The van der Waals surface area contributed by atoms with E-state index in [1.165, 1.54) is 32.1 Å². The highest BCUT2D eigenvalue weighted by atomic mass is 35.5. The average Bonchev–Trinajstić information content (AvgIpc) is 3.26. The average molecular weight is 486 g/mol. The van der Waals surface area contributed by atoms with Crippen molar-refractivity contribution in [3.05, 3.63) is 28.1 Å². The summed E-state index contributed by atoms with van der Waals surface area (Å²) in [4.78, 5) is 18.5.